The second kappa shape index (κ2) is 6.05. The van der Waals surface area contributed by atoms with Gasteiger partial charge in [-0.2, -0.15) is 5.10 Å². The van der Waals surface area contributed by atoms with E-state index >= 15 is 0 Å². The van der Waals surface area contributed by atoms with Crippen LogP contribution in [0.25, 0.3) is 11.2 Å². The predicted molar refractivity (Wildman–Crippen MR) is 83.5 cm³/mol. The summed E-state index contributed by atoms with van der Waals surface area (Å²) >= 11 is 6.25. The normalized spacial score (nSPS) is 12.9. The van der Waals surface area contributed by atoms with E-state index in [0.717, 1.165) is 29.1 Å². The van der Waals surface area contributed by atoms with Gasteiger partial charge in [-0.25, -0.2) is 4.98 Å². The van der Waals surface area contributed by atoms with E-state index in [1.807, 2.05) is 23.2 Å². The fraction of sp³-hybridized carbons (Fsp3) is 0.643. The third-order valence-corrected chi connectivity index (χ3v) is 3.75. The summed E-state index contributed by atoms with van der Waals surface area (Å²) in [5.41, 5.74) is 2.78. The van der Waals surface area contributed by atoms with Gasteiger partial charge in [0.1, 0.15) is 11.3 Å². The monoisotopic (exact) mass is 311 g/mol. The Morgan fingerprint density at radius 3 is 2.62 bits per heavy atom. The van der Waals surface area contributed by atoms with E-state index in [0.29, 0.717) is 13.0 Å². The molecule has 21 heavy (non-hydrogen) atoms. The van der Waals surface area contributed by atoms with Gasteiger partial charge in [0.2, 0.25) is 5.91 Å². The maximum atomic E-state index is 11.8. The van der Waals surface area contributed by atoms with Crippen LogP contribution < -0.4 is 0 Å². The van der Waals surface area contributed by atoms with Crippen molar-refractivity contribution in [2.75, 3.05) is 14.1 Å². The lowest BCUT2D eigenvalue weighted by Gasteiger charge is -2.13. The van der Waals surface area contributed by atoms with E-state index in [-0.39, 0.29) is 11.3 Å². The molecule has 0 fully saturated rings. The number of imidazole rings is 1. The highest BCUT2D eigenvalue weighted by molar-refractivity contribution is 6.20. The molecule has 2 rings (SSSR count). The fourth-order valence-electron chi connectivity index (χ4n) is 2.45. The third kappa shape index (κ3) is 2.90. The van der Waals surface area contributed by atoms with Gasteiger partial charge >= 0.3 is 0 Å². The molecule has 0 saturated carbocycles. The van der Waals surface area contributed by atoms with Crippen LogP contribution in [-0.4, -0.2) is 44.2 Å². The average Bonchev–Trinajstić information content (AvgIpc) is 2.94. The Labute approximate surface area is 129 Å². The molecular formula is C14H22ClN5O. The first-order chi connectivity index (χ1) is 9.86. The van der Waals surface area contributed by atoms with Gasteiger partial charge in [-0.05, 0) is 13.3 Å². The van der Waals surface area contributed by atoms with Gasteiger partial charge in [0.25, 0.3) is 0 Å². The van der Waals surface area contributed by atoms with Crippen molar-refractivity contribution >= 4 is 28.7 Å². The van der Waals surface area contributed by atoms with Crippen LogP contribution in [0.1, 0.15) is 37.2 Å². The fourth-order valence-corrected chi connectivity index (χ4v) is 2.62. The molecule has 0 N–H and O–H groups in total. The maximum absolute atomic E-state index is 11.8. The van der Waals surface area contributed by atoms with Gasteiger partial charge in [-0.15, -0.1) is 11.6 Å². The van der Waals surface area contributed by atoms with Crippen LogP contribution in [-0.2, 0) is 24.8 Å². The number of hydrogen-bond acceptors (Lipinski definition) is 3. The van der Waals surface area contributed by atoms with Crippen molar-refractivity contribution in [2.24, 2.45) is 7.05 Å². The van der Waals surface area contributed by atoms with Gasteiger partial charge < -0.3 is 9.47 Å². The summed E-state index contributed by atoms with van der Waals surface area (Å²) < 4.78 is 3.84. The zero-order valence-corrected chi connectivity index (χ0v) is 14.0. The second-order valence-electron chi connectivity index (χ2n) is 5.37. The van der Waals surface area contributed by atoms with Crippen molar-refractivity contribution in [3.8, 4) is 0 Å². The Morgan fingerprint density at radius 2 is 2.10 bits per heavy atom. The molecular weight excluding hydrogens is 290 g/mol. The number of aryl methyl sites for hydroxylation is 3. The summed E-state index contributed by atoms with van der Waals surface area (Å²) in [6, 6.07) is 0. The Hall–Kier alpha value is -1.56. The van der Waals surface area contributed by atoms with Gasteiger partial charge in [0.15, 0.2) is 5.65 Å². The number of carbonyl (C=O) groups is 1. The Morgan fingerprint density at radius 1 is 1.43 bits per heavy atom. The number of aromatic nitrogens is 4. The zero-order chi connectivity index (χ0) is 15.7. The topological polar surface area (TPSA) is 56.0 Å². The first kappa shape index (κ1) is 15.8. The molecule has 1 amide bonds. The van der Waals surface area contributed by atoms with Crippen LogP contribution in [0.4, 0.5) is 0 Å². The van der Waals surface area contributed by atoms with Gasteiger partial charge in [0.05, 0.1) is 11.1 Å². The van der Waals surface area contributed by atoms with Crippen LogP contribution in [0.15, 0.2) is 0 Å². The molecule has 6 nitrogen and oxygen atoms in total. The van der Waals surface area contributed by atoms with Gasteiger partial charge in [-0.3, -0.25) is 9.48 Å². The molecule has 0 spiro atoms. The van der Waals surface area contributed by atoms with Crippen molar-refractivity contribution in [1.82, 2.24) is 24.2 Å². The number of alkyl halides is 1. The molecule has 0 saturated heterocycles. The number of amides is 1. The molecule has 0 aliphatic carbocycles. The number of fused-ring (bicyclic) bond motifs is 1. The number of nitrogens with zero attached hydrogens (tertiary/aromatic N) is 5. The standard InChI is InChI=1S/C14H22ClN5O/c1-6-10-12-14(19(5)17-10)20(13(16-12)9(2)15)8-7-11(21)18(3)4/h9H,6-8H2,1-5H3. The van der Waals surface area contributed by atoms with E-state index in [2.05, 4.69) is 17.0 Å². The second-order valence-corrected chi connectivity index (χ2v) is 6.03. The summed E-state index contributed by atoms with van der Waals surface area (Å²) in [6.45, 7) is 4.51. The molecule has 7 heteroatoms. The summed E-state index contributed by atoms with van der Waals surface area (Å²) in [5, 5.41) is 4.27. The molecule has 0 aromatic carbocycles. The van der Waals surface area contributed by atoms with Gasteiger partial charge in [0, 0.05) is 34.1 Å². The number of rotatable bonds is 5. The first-order valence-corrected chi connectivity index (χ1v) is 7.56. The van der Waals surface area contributed by atoms with Crippen LogP contribution in [0.2, 0.25) is 0 Å². The first-order valence-electron chi connectivity index (χ1n) is 7.13. The Bertz CT molecular complexity index is 656. The van der Waals surface area contributed by atoms with E-state index < -0.39 is 0 Å². The number of carbonyl (C=O) groups excluding carboxylic acids is 1. The minimum atomic E-state index is -0.212. The molecule has 0 aliphatic rings. The molecule has 1 atom stereocenters. The van der Waals surface area contributed by atoms with Crippen molar-refractivity contribution in [3.05, 3.63) is 11.5 Å². The predicted octanol–water partition coefficient (Wildman–Crippen LogP) is 2.11. The minimum Gasteiger partial charge on any atom is -0.349 e. The van der Waals surface area contributed by atoms with E-state index in [4.69, 9.17) is 11.6 Å². The van der Waals surface area contributed by atoms with E-state index in [9.17, 15) is 4.79 Å². The SMILES string of the molecule is CCc1nn(C)c2c1nc(C(C)Cl)n2CCC(=O)N(C)C. The van der Waals surface area contributed by atoms with Crippen LogP contribution in [0.5, 0.6) is 0 Å². The molecule has 0 radical (unpaired) electrons. The summed E-state index contributed by atoms with van der Waals surface area (Å²) in [4.78, 5) is 18.1. The molecule has 2 aromatic rings. The third-order valence-electron chi connectivity index (χ3n) is 3.56. The quantitative estimate of drug-likeness (QED) is 0.795. The smallest absolute Gasteiger partial charge is 0.223 e. The highest BCUT2D eigenvalue weighted by atomic mass is 35.5. The van der Waals surface area contributed by atoms with E-state index in [1.165, 1.54) is 0 Å². The molecule has 1 unspecified atom stereocenters. The average molecular weight is 312 g/mol. The lowest BCUT2D eigenvalue weighted by Crippen LogP contribution is -2.23. The summed E-state index contributed by atoms with van der Waals surface area (Å²) in [6.07, 6.45) is 1.24. The zero-order valence-electron chi connectivity index (χ0n) is 13.2. The maximum Gasteiger partial charge on any atom is 0.223 e. The van der Waals surface area contributed by atoms with Crippen LogP contribution in [0.3, 0.4) is 0 Å². The number of halogens is 1. The molecule has 2 aromatic heterocycles. The largest absolute Gasteiger partial charge is 0.349 e. The summed E-state index contributed by atoms with van der Waals surface area (Å²) in [5.74, 6) is 0.879. The van der Waals surface area contributed by atoms with E-state index in [1.54, 1.807) is 19.0 Å². The molecule has 2 heterocycles. The Kier molecular flexibility index (Phi) is 4.56. The highest BCUT2D eigenvalue weighted by Gasteiger charge is 2.21. The van der Waals surface area contributed by atoms with Gasteiger partial charge in [-0.1, -0.05) is 6.92 Å². The van der Waals surface area contributed by atoms with Crippen molar-refractivity contribution < 1.29 is 4.79 Å². The van der Waals surface area contributed by atoms with Crippen molar-refractivity contribution in [3.63, 3.8) is 0 Å². The van der Waals surface area contributed by atoms with Crippen molar-refractivity contribution in [2.45, 2.75) is 38.6 Å². The lowest BCUT2D eigenvalue weighted by atomic mass is 10.3. The minimum absolute atomic E-state index is 0.0860. The highest BCUT2D eigenvalue weighted by Crippen LogP contribution is 2.26. The van der Waals surface area contributed by atoms with Crippen LogP contribution >= 0.6 is 11.6 Å². The molecule has 116 valence electrons. The molecule has 0 bridgehead atoms. The molecule has 0 aliphatic heterocycles. The Balaban J connectivity index is 2.46. The number of hydrogen-bond donors (Lipinski definition) is 0. The van der Waals surface area contributed by atoms with Crippen LogP contribution in [0, 0.1) is 0 Å². The summed E-state index contributed by atoms with van der Waals surface area (Å²) in [7, 11) is 5.42. The lowest BCUT2D eigenvalue weighted by molar-refractivity contribution is -0.128. The van der Waals surface area contributed by atoms with Crippen molar-refractivity contribution in [1.29, 1.82) is 0 Å².